The van der Waals surface area contributed by atoms with Gasteiger partial charge in [0, 0.05) is 18.0 Å². The number of amides is 1. The van der Waals surface area contributed by atoms with E-state index in [4.69, 9.17) is 5.73 Å². The van der Waals surface area contributed by atoms with Gasteiger partial charge in [-0.1, -0.05) is 38.1 Å². The van der Waals surface area contributed by atoms with Gasteiger partial charge in [-0.3, -0.25) is 4.79 Å². The van der Waals surface area contributed by atoms with Crippen molar-refractivity contribution in [3.63, 3.8) is 0 Å². The molecule has 0 spiro atoms. The summed E-state index contributed by atoms with van der Waals surface area (Å²) in [4.78, 5) is 16.6. The summed E-state index contributed by atoms with van der Waals surface area (Å²) in [5, 5.41) is 3.98. The third-order valence-corrected chi connectivity index (χ3v) is 3.21. The highest BCUT2D eigenvalue weighted by Gasteiger charge is 2.15. The maximum Gasteiger partial charge on any atom is 0.270 e. The SMILES string of the molecule is CC(C)CC(CN)NC(=O)c1ccc2ccccc2n1. The van der Waals surface area contributed by atoms with Gasteiger partial charge in [-0.05, 0) is 24.5 Å². The van der Waals surface area contributed by atoms with Crippen LogP contribution in [0.1, 0.15) is 30.8 Å². The third-order valence-electron chi connectivity index (χ3n) is 3.21. The van der Waals surface area contributed by atoms with Gasteiger partial charge in [0.05, 0.1) is 5.52 Å². The van der Waals surface area contributed by atoms with E-state index in [1.54, 1.807) is 6.07 Å². The van der Waals surface area contributed by atoms with E-state index < -0.39 is 0 Å². The van der Waals surface area contributed by atoms with Crippen molar-refractivity contribution < 1.29 is 4.79 Å². The molecule has 2 aromatic rings. The zero-order valence-electron chi connectivity index (χ0n) is 12.0. The van der Waals surface area contributed by atoms with Crippen LogP contribution in [0.4, 0.5) is 0 Å². The summed E-state index contributed by atoms with van der Waals surface area (Å²) >= 11 is 0. The van der Waals surface area contributed by atoms with Gasteiger partial charge < -0.3 is 11.1 Å². The van der Waals surface area contributed by atoms with Crippen LogP contribution in [0, 0.1) is 5.92 Å². The zero-order valence-corrected chi connectivity index (χ0v) is 12.0. The number of hydrogen-bond acceptors (Lipinski definition) is 3. The Morgan fingerprint density at radius 2 is 2.00 bits per heavy atom. The number of hydrogen-bond donors (Lipinski definition) is 2. The number of fused-ring (bicyclic) bond motifs is 1. The van der Waals surface area contributed by atoms with Gasteiger partial charge in [0.15, 0.2) is 0 Å². The molecular weight excluding hydrogens is 250 g/mol. The minimum atomic E-state index is -0.160. The van der Waals surface area contributed by atoms with Crippen molar-refractivity contribution in [2.24, 2.45) is 11.7 Å². The lowest BCUT2D eigenvalue weighted by molar-refractivity contribution is 0.0929. The molecule has 2 rings (SSSR count). The molecule has 0 saturated carbocycles. The number of pyridine rings is 1. The number of carbonyl (C=O) groups excluding carboxylic acids is 1. The van der Waals surface area contributed by atoms with E-state index in [0.717, 1.165) is 17.3 Å². The van der Waals surface area contributed by atoms with Crippen molar-refractivity contribution in [3.8, 4) is 0 Å². The van der Waals surface area contributed by atoms with E-state index in [-0.39, 0.29) is 11.9 Å². The van der Waals surface area contributed by atoms with Gasteiger partial charge in [0.25, 0.3) is 5.91 Å². The fraction of sp³-hybridized carbons (Fsp3) is 0.375. The molecule has 0 fully saturated rings. The number of benzene rings is 1. The van der Waals surface area contributed by atoms with Crippen LogP contribution in [0.2, 0.25) is 0 Å². The number of nitrogens with two attached hydrogens (primary N) is 1. The molecule has 1 unspecified atom stereocenters. The largest absolute Gasteiger partial charge is 0.347 e. The Bertz CT molecular complexity index is 595. The molecule has 1 aromatic heterocycles. The minimum Gasteiger partial charge on any atom is -0.347 e. The molecule has 0 aliphatic rings. The molecule has 4 nitrogen and oxygen atoms in total. The molecule has 0 radical (unpaired) electrons. The molecule has 1 amide bonds. The fourth-order valence-corrected chi connectivity index (χ4v) is 2.23. The summed E-state index contributed by atoms with van der Waals surface area (Å²) in [6.07, 6.45) is 0.871. The molecule has 20 heavy (non-hydrogen) atoms. The maximum absolute atomic E-state index is 12.2. The summed E-state index contributed by atoms with van der Waals surface area (Å²) in [5.41, 5.74) is 6.97. The highest BCUT2D eigenvalue weighted by molar-refractivity contribution is 5.95. The zero-order chi connectivity index (χ0) is 14.5. The first kappa shape index (κ1) is 14.5. The number of aromatic nitrogens is 1. The molecule has 4 heteroatoms. The van der Waals surface area contributed by atoms with Crippen molar-refractivity contribution in [2.45, 2.75) is 26.3 Å². The van der Waals surface area contributed by atoms with E-state index in [0.29, 0.717) is 18.2 Å². The molecule has 0 bridgehead atoms. The normalized spacial score (nSPS) is 12.6. The van der Waals surface area contributed by atoms with E-state index in [1.165, 1.54) is 0 Å². The monoisotopic (exact) mass is 271 g/mol. The molecule has 1 aromatic carbocycles. The Labute approximate surface area is 119 Å². The van der Waals surface area contributed by atoms with Crippen LogP contribution in [-0.4, -0.2) is 23.5 Å². The van der Waals surface area contributed by atoms with E-state index >= 15 is 0 Å². The first-order valence-electron chi connectivity index (χ1n) is 6.97. The maximum atomic E-state index is 12.2. The Hall–Kier alpha value is -1.94. The van der Waals surface area contributed by atoms with Crippen LogP contribution in [0.15, 0.2) is 36.4 Å². The fourth-order valence-electron chi connectivity index (χ4n) is 2.23. The van der Waals surface area contributed by atoms with Crippen molar-refractivity contribution in [3.05, 3.63) is 42.1 Å². The second kappa shape index (κ2) is 6.48. The third kappa shape index (κ3) is 3.54. The number of rotatable bonds is 5. The number of nitrogens with one attached hydrogen (secondary N) is 1. The second-order valence-corrected chi connectivity index (χ2v) is 5.42. The van der Waals surface area contributed by atoms with E-state index in [2.05, 4.69) is 24.1 Å². The first-order valence-corrected chi connectivity index (χ1v) is 6.97. The van der Waals surface area contributed by atoms with Crippen LogP contribution < -0.4 is 11.1 Å². The molecule has 1 heterocycles. The topological polar surface area (TPSA) is 68.0 Å². The highest BCUT2D eigenvalue weighted by atomic mass is 16.1. The molecule has 0 saturated heterocycles. The van der Waals surface area contributed by atoms with Gasteiger partial charge in [-0.2, -0.15) is 0 Å². The molecule has 0 aliphatic carbocycles. The van der Waals surface area contributed by atoms with Crippen molar-refractivity contribution in [1.29, 1.82) is 0 Å². The van der Waals surface area contributed by atoms with Crippen molar-refractivity contribution in [2.75, 3.05) is 6.54 Å². The van der Waals surface area contributed by atoms with Crippen molar-refractivity contribution in [1.82, 2.24) is 10.3 Å². The Balaban J connectivity index is 2.14. The molecular formula is C16H21N3O. The predicted octanol–water partition coefficient (Wildman–Crippen LogP) is 2.34. The summed E-state index contributed by atoms with van der Waals surface area (Å²) in [7, 11) is 0. The lowest BCUT2D eigenvalue weighted by atomic mass is 10.0. The van der Waals surface area contributed by atoms with Gasteiger partial charge in [0.1, 0.15) is 5.69 Å². The summed E-state index contributed by atoms with van der Waals surface area (Å²) in [6.45, 7) is 4.67. The molecule has 0 aliphatic heterocycles. The van der Waals surface area contributed by atoms with Crippen LogP contribution >= 0.6 is 0 Å². The van der Waals surface area contributed by atoms with Crippen LogP contribution in [0.3, 0.4) is 0 Å². The molecule has 1 atom stereocenters. The second-order valence-electron chi connectivity index (χ2n) is 5.42. The average Bonchev–Trinajstić information content (AvgIpc) is 2.45. The first-order chi connectivity index (χ1) is 9.60. The van der Waals surface area contributed by atoms with Crippen LogP contribution in [0.25, 0.3) is 10.9 Å². The number of carbonyl (C=O) groups is 1. The van der Waals surface area contributed by atoms with Crippen molar-refractivity contribution >= 4 is 16.8 Å². The van der Waals surface area contributed by atoms with Gasteiger partial charge in [-0.25, -0.2) is 4.98 Å². The van der Waals surface area contributed by atoms with Crippen LogP contribution in [-0.2, 0) is 0 Å². The van der Waals surface area contributed by atoms with Gasteiger partial charge >= 0.3 is 0 Å². The molecule has 3 N–H and O–H groups in total. The number of nitrogens with zero attached hydrogens (tertiary/aromatic N) is 1. The molecule has 106 valence electrons. The summed E-state index contributed by atoms with van der Waals surface area (Å²) in [5.74, 6) is 0.334. The Morgan fingerprint density at radius 3 is 2.70 bits per heavy atom. The van der Waals surface area contributed by atoms with E-state index in [9.17, 15) is 4.79 Å². The minimum absolute atomic E-state index is 0.00392. The predicted molar refractivity (Wildman–Crippen MR) is 81.5 cm³/mol. The smallest absolute Gasteiger partial charge is 0.270 e. The lowest BCUT2D eigenvalue weighted by Gasteiger charge is -2.18. The van der Waals surface area contributed by atoms with Crippen LogP contribution in [0.5, 0.6) is 0 Å². The quantitative estimate of drug-likeness (QED) is 0.877. The highest BCUT2D eigenvalue weighted by Crippen LogP contribution is 2.12. The summed E-state index contributed by atoms with van der Waals surface area (Å²) in [6, 6.07) is 11.4. The van der Waals surface area contributed by atoms with Gasteiger partial charge in [0.2, 0.25) is 0 Å². The Morgan fingerprint density at radius 1 is 1.25 bits per heavy atom. The number of para-hydroxylation sites is 1. The summed E-state index contributed by atoms with van der Waals surface area (Å²) < 4.78 is 0. The lowest BCUT2D eigenvalue weighted by Crippen LogP contribution is -2.41. The average molecular weight is 271 g/mol. The Kier molecular flexibility index (Phi) is 4.69. The van der Waals surface area contributed by atoms with Gasteiger partial charge in [-0.15, -0.1) is 0 Å². The standard InChI is InChI=1S/C16H21N3O/c1-11(2)9-13(10-17)18-16(20)15-8-7-12-5-3-4-6-14(12)19-15/h3-8,11,13H,9-10,17H2,1-2H3,(H,18,20). The van der Waals surface area contributed by atoms with E-state index in [1.807, 2.05) is 30.3 Å².